The van der Waals surface area contributed by atoms with Gasteiger partial charge in [0.15, 0.2) is 0 Å². The maximum absolute atomic E-state index is 15.0. The molecule has 272 valence electrons. The number of anilines is 2. The Balaban J connectivity index is 1.45. The Labute approximate surface area is 306 Å². The van der Waals surface area contributed by atoms with Gasteiger partial charge in [-0.3, -0.25) is 19.2 Å². The molecule has 2 N–H and O–H groups in total. The summed E-state index contributed by atoms with van der Waals surface area (Å²) in [5.74, 6) is -4.07. The van der Waals surface area contributed by atoms with Gasteiger partial charge in [-0.15, -0.1) is 0 Å². The molecule has 4 aliphatic heterocycles. The van der Waals surface area contributed by atoms with Gasteiger partial charge in [0.2, 0.25) is 11.8 Å². The maximum atomic E-state index is 15.0. The number of β-amino-alcohol motifs (C(OH)–C–C–N with tert-alkyl or cyclic N) is 1. The average Bonchev–Trinajstić information content (AvgIpc) is 3.72. The highest BCUT2D eigenvalue weighted by Gasteiger charge is 2.75. The van der Waals surface area contributed by atoms with Gasteiger partial charge in [0.1, 0.15) is 29.8 Å². The molecular formula is C38H45BrN4O8. The molecule has 2 aromatic carbocycles. The number of methoxy groups -OCH3 is 1. The minimum Gasteiger partial charge on any atom is -0.455 e. The van der Waals surface area contributed by atoms with Crippen LogP contribution in [0.4, 0.5) is 11.4 Å². The van der Waals surface area contributed by atoms with E-state index in [9.17, 15) is 24.3 Å². The summed E-state index contributed by atoms with van der Waals surface area (Å²) in [6.07, 6.45) is 4.11. The number of esters is 1. The van der Waals surface area contributed by atoms with Crippen LogP contribution in [-0.4, -0.2) is 104 Å². The van der Waals surface area contributed by atoms with E-state index in [0.29, 0.717) is 22.2 Å². The van der Waals surface area contributed by atoms with E-state index >= 15 is 0 Å². The van der Waals surface area contributed by atoms with E-state index in [2.05, 4.69) is 40.0 Å². The fraction of sp³-hybridized carbons (Fsp3) is 0.474. The number of nitrogens with zero attached hydrogens (tertiary/aromatic N) is 3. The number of fused-ring (bicyclic) bond motifs is 2. The van der Waals surface area contributed by atoms with Crippen molar-refractivity contribution in [2.24, 2.45) is 11.8 Å². The van der Waals surface area contributed by atoms with Gasteiger partial charge in [-0.1, -0.05) is 58.4 Å². The van der Waals surface area contributed by atoms with Crippen molar-refractivity contribution in [1.82, 2.24) is 10.2 Å². The fourth-order valence-corrected chi connectivity index (χ4v) is 8.66. The minimum absolute atomic E-state index is 0.0534. The highest BCUT2D eigenvalue weighted by atomic mass is 79.9. The van der Waals surface area contributed by atoms with Crippen molar-refractivity contribution in [2.45, 2.75) is 56.6 Å². The van der Waals surface area contributed by atoms with Gasteiger partial charge in [0.05, 0.1) is 25.2 Å². The van der Waals surface area contributed by atoms with Crippen LogP contribution < -0.4 is 15.1 Å². The van der Waals surface area contributed by atoms with Crippen LogP contribution in [-0.2, 0) is 33.4 Å². The van der Waals surface area contributed by atoms with Crippen molar-refractivity contribution < 1.29 is 38.5 Å². The summed E-state index contributed by atoms with van der Waals surface area (Å²) in [4.78, 5) is 62.2. The van der Waals surface area contributed by atoms with Crippen molar-refractivity contribution in [2.75, 3.05) is 56.3 Å². The normalized spacial score (nSPS) is 30.2. The van der Waals surface area contributed by atoms with Crippen molar-refractivity contribution >= 4 is 51.0 Å². The second kappa shape index (κ2) is 15.7. The molecule has 13 heteroatoms. The molecule has 0 unspecified atom stereocenters. The highest BCUT2D eigenvalue weighted by molar-refractivity contribution is 9.11. The molecule has 6 rings (SSSR count). The third kappa shape index (κ3) is 6.84. The number of nitrogens with one attached hydrogen (secondary N) is 1. The minimum atomic E-state index is -1.50. The first kappa shape index (κ1) is 36.7. The van der Waals surface area contributed by atoms with Gasteiger partial charge >= 0.3 is 5.97 Å². The quantitative estimate of drug-likeness (QED) is 0.291. The van der Waals surface area contributed by atoms with Crippen LogP contribution in [0.15, 0.2) is 77.3 Å². The van der Waals surface area contributed by atoms with E-state index < -0.39 is 66.1 Å². The largest absolute Gasteiger partial charge is 0.455 e. The lowest BCUT2D eigenvalue weighted by atomic mass is 9.74. The van der Waals surface area contributed by atoms with Crippen molar-refractivity contribution in [3.63, 3.8) is 0 Å². The number of aliphatic hydroxyl groups is 1. The summed E-state index contributed by atoms with van der Waals surface area (Å²) >= 11 is 3.59. The summed E-state index contributed by atoms with van der Waals surface area (Å²) in [7, 11) is 1.50. The van der Waals surface area contributed by atoms with Crippen molar-refractivity contribution in [3.05, 3.63) is 82.9 Å². The number of carbonyl (C=O) groups is 4. The maximum Gasteiger partial charge on any atom is 0.313 e. The van der Waals surface area contributed by atoms with Crippen LogP contribution in [0, 0.1) is 11.8 Å². The summed E-state index contributed by atoms with van der Waals surface area (Å²) in [5, 5.41) is 13.1. The Morgan fingerprint density at radius 3 is 2.39 bits per heavy atom. The number of ether oxygens (including phenoxy) is 3. The Morgan fingerprint density at radius 1 is 1.00 bits per heavy atom. The topological polar surface area (TPSA) is 138 Å². The molecular weight excluding hydrogens is 720 g/mol. The molecule has 0 aliphatic carbocycles. The Bertz CT molecular complexity index is 1670. The Kier molecular flexibility index (Phi) is 11.3. The first-order valence-corrected chi connectivity index (χ1v) is 18.3. The number of aliphatic hydroxyl groups excluding tert-OH is 1. The van der Waals surface area contributed by atoms with Crippen LogP contribution in [0.5, 0.6) is 0 Å². The summed E-state index contributed by atoms with van der Waals surface area (Å²) in [6.45, 7) is 5.46. The van der Waals surface area contributed by atoms with Crippen LogP contribution >= 0.6 is 15.9 Å². The standard InChI is InChI=1S/C38H45BrN4O8/c1-4-41(5-2)25-15-17-26(18-16-25)42-19-11-7-10-14-29(45)40-28(23-49-3)32(24-12-8-6-9-13-24)50-37(48)30-31-35(46)43(20-21-44)34(36(42)47)38(31)22-27(39)33(30)51-38/h6-9,11-13,15-18,22,28,30-34,44H,4-5,10,14,19-21,23H2,1-3H3,(H,40,45)/b11-7-/t28-,30+,31-,32-,33+,34+,38-/m1/s1. The molecule has 0 radical (unpaired) electrons. The lowest BCUT2D eigenvalue weighted by Gasteiger charge is -2.35. The lowest BCUT2D eigenvalue weighted by Crippen LogP contribution is -2.56. The van der Waals surface area contributed by atoms with E-state index in [1.54, 1.807) is 23.1 Å². The number of rotatable bonds is 9. The van der Waals surface area contributed by atoms with E-state index in [0.717, 1.165) is 18.8 Å². The SMILES string of the molecule is CCN(CC)c1ccc(N2C/C=C\CCC(=O)N[C@H](COC)[C@@H](c3ccccc3)OC(=O)[C@@H]3[C@H]4O[C@@]5(C=C4Br)[C@H](C2=O)N(CCO)C(=O)[C@@H]35)cc1. The number of allylic oxidation sites excluding steroid dienone is 1. The highest BCUT2D eigenvalue weighted by Crippen LogP contribution is 2.59. The number of hydrogen-bond acceptors (Lipinski definition) is 9. The van der Waals surface area contributed by atoms with Crippen molar-refractivity contribution in [1.29, 1.82) is 0 Å². The first-order valence-electron chi connectivity index (χ1n) is 17.5. The molecule has 4 aliphatic rings. The number of carbonyl (C=O) groups excluding carboxylic acids is 4. The molecule has 5 bridgehead atoms. The zero-order valence-electron chi connectivity index (χ0n) is 29.1. The molecule has 2 fully saturated rings. The van der Waals surface area contributed by atoms with Crippen molar-refractivity contribution in [3.8, 4) is 0 Å². The number of benzene rings is 2. The summed E-state index contributed by atoms with van der Waals surface area (Å²) < 4.78 is 18.9. The molecule has 3 amide bonds. The molecule has 1 spiro atoms. The second-order valence-electron chi connectivity index (χ2n) is 13.1. The molecule has 0 aromatic heterocycles. The fourth-order valence-electron chi connectivity index (χ4n) is 7.92. The number of hydrogen-bond donors (Lipinski definition) is 2. The van der Waals surface area contributed by atoms with Gasteiger partial charge in [-0.2, -0.15) is 0 Å². The van der Waals surface area contributed by atoms with Crippen LogP contribution in [0.3, 0.4) is 0 Å². The van der Waals surface area contributed by atoms with Crippen LogP contribution in [0.1, 0.15) is 38.4 Å². The predicted octanol–water partition coefficient (Wildman–Crippen LogP) is 3.50. The van der Waals surface area contributed by atoms with Gasteiger partial charge in [0, 0.05) is 55.6 Å². The van der Waals surface area contributed by atoms with Gasteiger partial charge in [-0.25, -0.2) is 0 Å². The van der Waals surface area contributed by atoms with Crippen LogP contribution in [0.2, 0.25) is 0 Å². The van der Waals surface area contributed by atoms with Gasteiger partial charge < -0.3 is 39.3 Å². The second-order valence-corrected chi connectivity index (χ2v) is 14.0. The lowest BCUT2D eigenvalue weighted by molar-refractivity contribution is -0.162. The third-order valence-electron chi connectivity index (χ3n) is 10.3. The van der Waals surface area contributed by atoms with Crippen LogP contribution in [0.25, 0.3) is 0 Å². The van der Waals surface area contributed by atoms with E-state index in [1.807, 2.05) is 54.6 Å². The number of cyclic esters (lactones) is 1. The Hall–Kier alpha value is -4.04. The molecule has 0 saturated carbocycles. The molecule has 7 atom stereocenters. The monoisotopic (exact) mass is 764 g/mol. The third-order valence-corrected chi connectivity index (χ3v) is 10.9. The summed E-state index contributed by atoms with van der Waals surface area (Å²) in [5.41, 5.74) is 0.740. The number of halogens is 1. The predicted molar refractivity (Wildman–Crippen MR) is 194 cm³/mol. The van der Waals surface area contributed by atoms with E-state index in [1.165, 1.54) is 12.0 Å². The zero-order valence-corrected chi connectivity index (χ0v) is 30.7. The van der Waals surface area contributed by atoms with E-state index in [-0.39, 0.29) is 32.0 Å². The van der Waals surface area contributed by atoms with Gasteiger partial charge in [0.25, 0.3) is 5.91 Å². The molecule has 12 nitrogen and oxygen atoms in total. The molecule has 4 heterocycles. The molecule has 2 saturated heterocycles. The summed E-state index contributed by atoms with van der Waals surface area (Å²) in [6, 6.07) is 14.8. The van der Waals surface area contributed by atoms with Gasteiger partial charge in [-0.05, 0) is 56.2 Å². The zero-order chi connectivity index (χ0) is 36.3. The van der Waals surface area contributed by atoms with E-state index in [4.69, 9.17) is 14.2 Å². The first-order chi connectivity index (χ1) is 24.7. The Morgan fingerprint density at radius 2 is 1.73 bits per heavy atom. The average molecular weight is 766 g/mol. The number of likely N-dealkylation sites (tertiary alicyclic amines) is 1. The number of amides is 3. The molecule has 2 aromatic rings. The molecule has 51 heavy (non-hydrogen) atoms. The smallest absolute Gasteiger partial charge is 0.313 e.